The maximum Gasteiger partial charge on any atom is 0.330 e. The van der Waals surface area contributed by atoms with Crippen LogP contribution in [0.2, 0.25) is 0 Å². The molecule has 1 aliphatic heterocycles. The molecule has 0 saturated carbocycles. The molecule has 4 N–H and O–H groups in total. The number of H-pyrrole nitrogens is 1. The zero-order chi connectivity index (χ0) is 27.2. The Morgan fingerprint density at radius 1 is 1.17 bits per heavy atom. The standard InChI is InChI=1S/C9H12FN2O6PS2.2C6H15N/c10-4-2-12(9(15)11-8(4)14)7-1-5(13)6(18-7)3-17-19(16,20)21;2*1-4-7(5-2)6-3/h2,5-7,13H,1,3H2,(H,11,14,15)(H2,16,20,21);2*4-6H2,1-3H3/t5-,6+,7+;;/m0../s1. The van der Waals surface area contributed by atoms with Crippen LogP contribution >= 0.6 is 5.69 Å². The molecule has 2 rings (SSSR count). The van der Waals surface area contributed by atoms with Crippen LogP contribution in [-0.4, -0.2) is 72.7 Å². The molecule has 206 valence electrons. The maximum absolute atomic E-state index is 13.2. The van der Waals surface area contributed by atoms with Crippen molar-refractivity contribution in [3.63, 3.8) is 0 Å². The maximum atomic E-state index is 13.2. The second kappa shape index (κ2) is 17.8. The van der Waals surface area contributed by atoms with Crippen molar-refractivity contribution in [3.8, 4) is 0 Å². The van der Waals surface area contributed by atoms with Crippen LogP contribution in [0.15, 0.2) is 15.8 Å². The molecule has 1 aliphatic rings. The Labute approximate surface area is 217 Å². The van der Waals surface area contributed by atoms with E-state index in [1.807, 2.05) is 0 Å². The summed E-state index contributed by atoms with van der Waals surface area (Å²) in [6.07, 6.45) is -2.32. The molecule has 0 spiro atoms. The molecule has 0 aliphatic carbocycles. The van der Waals surface area contributed by atoms with Gasteiger partial charge in [-0.3, -0.25) is 14.3 Å². The van der Waals surface area contributed by atoms with Crippen molar-refractivity contribution >= 4 is 29.7 Å². The van der Waals surface area contributed by atoms with E-state index in [9.17, 15) is 24.0 Å². The number of ether oxygens (including phenoxy) is 1. The molecule has 1 fully saturated rings. The summed E-state index contributed by atoms with van der Waals surface area (Å²) in [4.78, 5) is 38.7. The molecule has 10 nitrogen and oxygen atoms in total. The summed E-state index contributed by atoms with van der Waals surface area (Å²) in [5.41, 5.74) is -5.58. The van der Waals surface area contributed by atoms with Crippen molar-refractivity contribution in [1.82, 2.24) is 9.55 Å². The second-order valence-electron chi connectivity index (χ2n) is 7.94. The lowest BCUT2D eigenvalue weighted by atomic mass is 10.2. The molecule has 1 aromatic rings. The highest BCUT2D eigenvalue weighted by Crippen LogP contribution is 2.36. The molecule has 0 amide bonds. The quantitative estimate of drug-likeness (QED) is 0.198. The zero-order valence-corrected chi connectivity index (χ0v) is 24.1. The van der Waals surface area contributed by atoms with Gasteiger partial charge < -0.3 is 41.3 Å². The van der Waals surface area contributed by atoms with E-state index in [-0.39, 0.29) is 13.0 Å². The smallest absolute Gasteiger partial charge is 0.330 e. The number of aliphatic hydroxyl groups excluding tert-OH is 1. The highest BCUT2D eigenvalue weighted by atomic mass is 32.9. The van der Waals surface area contributed by atoms with E-state index in [0.29, 0.717) is 6.20 Å². The van der Waals surface area contributed by atoms with Crippen LogP contribution in [0.25, 0.3) is 0 Å². The third-order valence-corrected chi connectivity index (χ3v) is 6.93. The summed E-state index contributed by atoms with van der Waals surface area (Å²) in [7, 11) is 0. The third kappa shape index (κ3) is 13.5. The second-order valence-corrected chi connectivity index (χ2v) is 12.7. The molecule has 14 heteroatoms. The number of nitrogens with zero attached hydrogens (tertiary/aromatic N) is 1. The Balaban J connectivity index is 0.000000680. The minimum atomic E-state index is -3.56. The predicted molar refractivity (Wildman–Crippen MR) is 139 cm³/mol. The van der Waals surface area contributed by atoms with Gasteiger partial charge in [0.05, 0.1) is 58.2 Å². The van der Waals surface area contributed by atoms with Crippen LogP contribution in [0.1, 0.15) is 54.2 Å². The lowest BCUT2D eigenvalue weighted by molar-refractivity contribution is -0.894. The minimum Gasteiger partial charge on any atom is -0.819 e. The van der Waals surface area contributed by atoms with E-state index in [1.165, 1.54) is 39.3 Å². The Hall–Kier alpha value is -0.630. The Bertz CT molecular complexity index is 853. The molecule has 1 saturated heterocycles. The molecular formula is C21H42FN4O6PS2. The van der Waals surface area contributed by atoms with Crippen LogP contribution in [-0.2, 0) is 33.3 Å². The molecule has 0 aromatic carbocycles. The van der Waals surface area contributed by atoms with Crippen LogP contribution in [0.4, 0.5) is 4.39 Å². The van der Waals surface area contributed by atoms with Gasteiger partial charge in [-0.05, 0) is 41.5 Å². The number of hydrogen-bond acceptors (Lipinski definition) is 8. The topological polar surface area (TPSA) is 125 Å². The largest absolute Gasteiger partial charge is 0.819 e. The lowest BCUT2D eigenvalue weighted by Crippen LogP contribution is -3.11. The molecular weight excluding hydrogens is 518 g/mol. The van der Waals surface area contributed by atoms with E-state index < -0.39 is 41.2 Å². The van der Waals surface area contributed by atoms with Gasteiger partial charge in [0, 0.05) is 6.42 Å². The van der Waals surface area contributed by atoms with Gasteiger partial charge in [-0.25, -0.2) is 4.79 Å². The van der Waals surface area contributed by atoms with Crippen LogP contribution < -0.4 is 25.9 Å². The summed E-state index contributed by atoms with van der Waals surface area (Å²) in [5, 5.41) is 9.79. The molecule has 0 bridgehead atoms. The van der Waals surface area contributed by atoms with Crippen molar-refractivity contribution in [1.29, 1.82) is 0 Å². The highest BCUT2D eigenvalue weighted by Gasteiger charge is 2.35. The van der Waals surface area contributed by atoms with Crippen LogP contribution in [0.3, 0.4) is 0 Å². The predicted octanol–water partition coefficient (Wildman–Crippen LogP) is -1.67. The Kier molecular flexibility index (Phi) is 17.4. The number of hydrogen-bond donors (Lipinski definition) is 4. The van der Waals surface area contributed by atoms with E-state index in [0.717, 1.165) is 4.57 Å². The highest BCUT2D eigenvalue weighted by molar-refractivity contribution is 8.50. The number of aliphatic hydroxyl groups is 1. The number of aromatic amines is 1. The summed E-state index contributed by atoms with van der Waals surface area (Å²) in [5.74, 6) is -1.16. The van der Waals surface area contributed by atoms with Crippen molar-refractivity contribution in [2.75, 3.05) is 45.9 Å². The molecule has 4 atom stereocenters. The first-order chi connectivity index (χ1) is 16.4. The average Bonchev–Trinajstić information content (AvgIpc) is 3.18. The SMILES string of the molecule is CC[NH+](CC)CC.CC[NH+](CC)CC.O=c1[nH]c(=O)n([C@H]2C[C@H](O)[C@@H](COP([O-])(=S)[S-])O2)cc1F. The van der Waals surface area contributed by atoms with E-state index in [4.69, 9.17) is 9.26 Å². The average molecular weight is 561 g/mol. The normalized spacial score (nSPS) is 21.2. The molecule has 35 heavy (non-hydrogen) atoms. The van der Waals surface area contributed by atoms with Gasteiger partial charge >= 0.3 is 5.69 Å². The fourth-order valence-corrected chi connectivity index (χ4v) is 4.07. The van der Waals surface area contributed by atoms with Crippen molar-refractivity contribution in [2.24, 2.45) is 0 Å². The van der Waals surface area contributed by atoms with Crippen molar-refractivity contribution in [3.05, 3.63) is 32.9 Å². The van der Waals surface area contributed by atoms with E-state index in [1.54, 1.807) is 14.8 Å². The van der Waals surface area contributed by atoms with Gasteiger partial charge in [0.2, 0.25) is 5.82 Å². The molecule has 1 unspecified atom stereocenters. The first-order valence-corrected chi connectivity index (χ1v) is 15.7. The van der Waals surface area contributed by atoms with E-state index >= 15 is 0 Å². The molecule has 1 aromatic heterocycles. The minimum absolute atomic E-state index is 0.0431. The first kappa shape index (κ1) is 34.4. The van der Waals surface area contributed by atoms with Gasteiger partial charge in [-0.2, -0.15) is 4.39 Å². The van der Waals surface area contributed by atoms with Crippen LogP contribution in [0, 0.1) is 5.82 Å². The number of aromatic nitrogens is 2. The summed E-state index contributed by atoms with van der Waals surface area (Å²) < 4.78 is 24.0. The van der Waals surface area contributed by atoms with Crippen LogP contribution in [0.5, 0.6) is 0 Å². The number of halogens is 1. The van der Waals surface area contributed by atoms with Gasteiger partial charge in [-0.1, -0.05) is 0 Å². The fraction of sp³-hybridized carbons (Fsp3) is 0.810. The van der Waals surface area contributed by atoms with Gasteiger partial charge in [-0.15, -0.1) is 17.5 Å². The van der Waals surface area contributed by atoms with E-state index in [2.05, 4.69) is 65.6 Å². The lowest BCUT2D eigenvalue weighted by Gasteiger charge is -2.36. The summed E-state index contributed by atoms with van der Waals surface area (Å²) >= 11 is 8.80. The number of nitrogens with one attached hydrogen (secondary N) is 3. The number of quaternary nitrogens is 2. The molecule has 2 heterocycles. The van der Waals surface area contributed by atoms with Crippen molar-refractivity contribution < 1.29 is 33.5 Å². The van der Waals surface area contributed by atoms with Crippen molar-refractivity contribution in [2.45, 2.75) is 66.4 Å². The Morgan fingerprint density at radius 2 is 1.63 bits per heavy atom. The van der Waals surface area contributed by atoms with Gasteiger partial charge in [0.1, 0.15) is 12.3 Å². The summed E-state index contributed by atoms with van der Waals surface area (Å²) in [6, 6.07) is 0. The first-order valence-electron chi connectivity index (χ1n) is 12.0. The number of rotatable bonds is 10. The third-order valence-electron chi connectivity index (χ3n) is 5.84. The van der Waals surface area contributed by atoms with Gasteiger partial charge in [0.15, 0.2) is 0 Å². The molecule has 0 radical (unpaired) electrons. The monoisotopic (exact) mass is 560 g/mol. The fourth-order valence-electron chi connectivity index (χ4n) is 3.38. The Morgan fingerprint density at radius 3 is 2.00 bits per heavy atom. The summed E-state index contributed by atoms with van der Waals surface area (Å²) in [6.45, 7) is 20.7. The zero-order valence-electron chi connectivity index (χ0n) is 21.5. The van der Waals surface area contributed by atoms with Gasteiger partial charge in [0.25, 0.3) is 5.56 Å².